The fourth-order valence-electron chi connectivity index (χ4n) is 6.43. The summed E-state index contributed by atoms with van der Waals surface area (Å²) in [7, 11) is 3.64. The van der Waals surface area contributed by atoms with E-state index in [0.29, 0.717) is 30.0 Å². The summed E-state index contributed by atoms with van der Waals surface area (Å²) in [5.74, 6) is 0. The van der Waals surface area contributed by atoms with Gasteiger partial charge in [-0.15, -0.1) is 0 Å². The van der Waals surface area contributed by atoms with Crippen molar-refractivity contribution in [3.05, 3.63) is 0 Å². The molecule has 0 heterocycles. The zero-order chi connectivity index (χ0) is 23.1. The van der Waals surface area contributed by atoms with Crippen LogP contribution >= 0.6 is 31.1 Å². The summed E-state index contributed by atoms with van der Waals surface area (Å²) < 4.78 is 0. The second-order valence-electron chi connectivity index (χ2n) is 11.2. The van der Waals surface area contributed by atoms with E-state index < -0.39 is 0 Å². The van der Waals surface area contributed by atoms with Gasteiger partial charge in [0.15, 0.2) is 0 Å². The van der Waals surface area contributed by atoms with Gasteiger partial charge in [-0.05, 0) is 74.0 Å². The zero-order valence-corrected chi connectivity index (χ0v) is 28.1. The summed E-state index contributed by atoms with van der Waals surface area (Å²) in [6.07, 6.45) is 31.8. The minimum absolute atomic E-state index is 0.392. The van der Waals surface area contributed by atoms with Crippen LogP contribution in [0.25, 0.3) is 0 Å². The van der Waals surface area contributed by atoms with Crippen molar-refractivity contribution >= 4 is 46.6 Å². The molecule has 0 bridgehead atoms. The van der Waals surface area contributed by atoms with Crippen LogP contribution in [0.1, 0.15) is 142 Å². The van der Waals surface area contributed by atoms with Crippen molar-refractivity contribution in [3.63, 3.8) is 0 Å². The molecule has 2 radical (unpaired) electrons. The van der Waals surface area contributed by atoms with Gasteiger partial charge < -0.3 is 0 Å². The Bertz CT molecular complexity index is 425. The van der Waals surface area contributed by atoms with Crippen molar-refractivity contribution in [2.24, 2.45) is 0 Å². The molecule has 0 nitrogen and oxygen atoms in total. The van der Waals surface area contributed by atoms with Crippen LogP contribution in [0, 0.1) is 0 Å². The van der Waals surface area contributed by atoms with E-state index in [2.05, 4.69) is 13.8 Å². The first-order chi connectivity index (χ1) is 16.3. The molecule has 0 aromatic carbocycles. The number of hydrogen-bond donors (Lipinski definition) is 0. The average molecular weight is 589 g/mol. The third kappa shape index (κ3) is 11.3. The molecular weight excluding hydrogens is 533 g/mol. The zero-order valence-electron chi connectivity index (χ0n) is 22.3. The molecule has 4 aliphatic carbocycles. The first-order valence-corrected chi connectivity index (χ1v) is 25.5. The summed E-state index contributed by atoms with van der Waals surface area (Å²) in [5.41, 5.74) is 4.78. The second-order valence-corrected chi connectivity index (χ2v) is 29.4. The van der Waals surface area contributed by atoms with E-state index in [1.807, 2.05) is 0 Å². The molecule has 0 aliphatic heterocycles. The maximum absolute atomic E-state index is 2.27. The van der Waals surface area contributed by atoms with E-state index in [0.717, 1.165) is 0 Å². The summed E-state index contributed by atoms with van der Waals surface area (Å²) in [6, 6.07) is 0. The predicted octanol–water partition coefficient (Wildman–Crippen LogP) is 11.9. The SMILES string of the molecule is C1CCC(PP(C2CCCCC2)P(PC2CCCCC2)C2CCCCC2)CC1.C[CH2][Ge][CH2]C. The van der Waals surface area contributed by atoms with E-state index >= 15 is 0 Å². The van der Waals surface area contributed by atoms with Gasteiger partial charge in [0.25, 0.3) is 0 Å². The Hall–Kier alpha value is 2.26. The molecule has 192 valence electrons. The van der Waals surface area contributed by atoms with Crippen LogP contribution in [0.3, 0.4) is 0 Å². The van der Waals surface area contributed by atoms with Crippen LogP contribution in [0.15, 0.2) is 0 Å². The van der Waals surface area contributed by atoms with Crippen LogP contribution in [-0.2, 0) is 0 Å². The first kappa shape index (κ1) is 29.8. The van der Waals surface area contributed by atoms with Crippen molar-refractivity contribution in [1.82, 2.24) is 0 Å². The fourth-order valence-corrected chi connectivity index (χ4v) is 34.7. The Kier molecular flexibility index (Phi) is 16.7. The van der Waals surface area contributed by atoms with Gasteiger partial charge in [0.05, 0.1) is 0 Å². The molecule has 33 heavy (non-hydrogen) atoms. The molecule has 4 fully saturated rings. The van der Waals surface area contributed by atoms with Crippen LogP contribution in [0.4, 0.5) is 0 Å². The van der Waals surface area contributed by atoms with Gasteiger partial charge in [-0.1, -0.05) is 108 Å². The summed E-state index contributed by atoms with van der Waals surface area (Å²) in [6.45, 7) is 4.53. The Morgan fingerprint density at radius 3 is 1.06 bits per heavy atom. The first-order valence-electron chi connectivity index (χ1n) is 15.1. The molecule has 0 aromatic rings. The van der Waals surface area contributed by atoms with Gasteiger partial charge >= 0.3 is 39.8 Å². The second kappa shape index (κ2) is 18.5. The molecular formula is C28H56GeP4. The third-order valence-corrected chi connectivity index (χ3v) is 32.9. The standard InChI is InChI=1S/C24H46P4.C4H10Ge/c1-5-13-21(14-6-1)25-27(23-17-9-3-10-18-23)28(24-19-11-4-12-20-24)26-22-15-7-2-8-16-22;1-3-5-4-2/h21-26H,1-20H2;3-4H2,1-2H3. The Morgan fingerprint density at radius 2 is 0.788 bits per heavy atom. The van der Waals surface area contributed by atoms with Gasteiger partial charge in [-0.3, -0.25) is 0 Å². The van der Waals surface area contributed by atoms with Crippen molar-refractivity contribution in [3.8, 4) is 0 Å². The van der Waals surface area contributed by atoms with Crippen molar-refractivity contribution < 1.29 is 0 Å². The number of hydrogen-bond acceptors (Lipinski definition) is 0. The molecule has 4 atom stereocenters. The predicted molar refractivity (Wildman–Crippen MR) is 165 cm³/mol. The van der Waals surface area contributed by atoms with Gasteiger partial charge in [-0.25, -0.2) is 0 Å². The van der Waals surface area contributed by atoms with Crippen LogP contribution in [0.5, 0.6) is 0 Å². The fraction of sp³-hybridized carbons (Fsp3) is 1.00. The molecule has 4 unspecified atom stereocenters. The topological polar surface area (TPSA) is 0 Å². The van der Waals surface area contributed by atoms with Crippen molar-refractivity contribution in [2.75, 3.05) is 0 Å². The van der Waals surface area contributed by atoms with E-state index in [9.17, 15) is 0 Å². The summed E-state index contributed by atoms with van der Waals surface area (Å²) in [5, 5.41) is 2.94. The van der Waals surface area contributed by atoms with Crippen LogP contribution < -0.4 is 0 Å². The Balaban J connectivity index is 0.000000555. The van der Waals surface area contributed by atoms with E-state index in [-0.39, 0.29) is 0 Å². The molecule has 0 spiro atoms. The van der Waals surface area contributed by atoms with Crippen molar-refractivity contribution in [2.45, 2.75) is 175 Å². The van der Waals surface area contributed by atoms with E-state index in [4.69, 9.17) is 0 Å². The normalized spacial score (nSPS) is 27.1. The van der Waals surface area contributed by atoms with Crippen LogP contribution in [-0.4, -0.2) is 38.1 Å². The average Bonchev–Trinajstić information content (AvgIpc) is 2.89. The van der Waals surface area contributed by atoms with Crippen LogP contribution in [0.2, 0.25) is 10.5 Å². The molecule has 0 N–H and O–H groups in total. The molecule has 4 rings (SSSR count). The number of rotatable bonds is 9. The molecule has 0 saturated heterocycles. The summed E-state index contributed by atoms with van der Waals surface area (Å²) >= 11 is 0.528. The maximum atomic E-state index is 2.27. The van der Waals surface area contributed by atoms with Crippen molar-refractivity contribution in [1.29, 1.82) is 0 Å². The third-order valence-electron chi connectivity index (χ3n) is 8.41. The summed E-state index contributed by atoms with van der Waals surface area (Å²) in [4.78, 5) is 0. The van der Waals surface area contributed by atoms with Gasteiger partial charge in [0, 0.05) is 0 Å². The molecule has 4 saturated carbocycles. The van der Waals surface area contributed by atoms with Gasteiger partial charge in [0.2, 0.25) is 0 Å². The Morgan fingerprint density at radius 1 is 0.485 bits per heavy atom. The quantitative estimate of drug-likeness (QED) is 0.185. The van der Waals surface area contributed by atoms with E-state index in [1.165, 1.54) is 49.7 Å². The monoisotopic (exact) mass is 590 g/mol. The van der Waals surface area contributed by atoms with Gasteiger partial charge in [0.1, 0.15) is 0 Å². The Labute approximate surface area is 221 Å². The molecule has 0 aromatic heterocycles. The molecule has 5 heteroatoms. The molecule has 4 aliphatic rings. The van der Waals surface area contributed by atoms with E-state index in [1.54, 1.807) is 128 Å². The molecule has 0 amide bonds. The van der Waals surface area contributed by atoms with Gasteiger partial charge in [-0.2, -0.15) is 0 Å². The minimum atomic E-state index is 0.392.